The molecule has 1 aliphatic rings. The van der Waals surface area contributed by atoms with Gasteiger partial charge in [0.05, 0.1) is 7.11 Å². The van der Waals surface area contributed by atoms with Crippen LogP contribution in [0.3, 0.4) is 0 Å². The van der Waals surface area contributed by atoms with E-state index >= 15 is 0 Å². The molecule has 1 aliphatic heterocycles. The van der Waals surface area contributed by atoms with Gasteiger partial charge in [-0.2, -0.15) is 0 Å². The Kier molecular flexibility index (Phi) is 5.00. The molecule has 3 atom stereocenters. The largest absolute Gasteiger partial charge is 0.496 e. The lowest BCUT2D eigenvalue weighted by molar-refractivity contribution is 0.0891. The van der Waals surface area contributed by atoms with Gasteiger partial charge in [0.2, 0.25) is 0 Å². The first-order valence-corrected chi connectivity index (χ1v) is 7.39. The third-order valence-electron chi connectivity index (χ3n) is 4.27. The summed E-state index contributed by atoms with van der Waals surface area (Å²) in [7, 11) is 1.60. The van der Waals surface area contributed by atoms with Crippen molar-refractivity contribution in [3.8, 4) is 5.75 Å². The molecule has 1 heterocycles. The van der Waals surface area contributed by atoms with Crippen molar-refractivity contribution in [2.75, 3.05) is 20.2 Å². The molecule has 3 nitrogen and oxygen atoms in total. The predicted octanol–water partition coefficient (Wildman–Crippen LogP) is 2.97. The summed E-state index contributed by atoms with van der Waals surface area (Å²) < 4.78 is 18.7. The number of piperazine rings is 1. The molecule has 1 N–H and O–H groups in total. The predicted molar refractivity (Wildman–Crippen MR) is 79.6 cm³/mol. The molecule has 0 radical (unpaired) electrons. The third kappa shape index (κ3) is 3.13. The van der Waals surface area contributed by atoms with Crippen molar-refractivity contribution in [2.45, 2.75) is 45.3 Å². The third-order valence-corrected chi connectivity index (χ3v) is 4.27. The standard InChI is InChI=1S/C16H25FN2O/c1-5-14-9-18-11(2)10-19(14)12(3)15-7-6-13(17)8-16(15)20-4/h6-8,11-12,14,18H,5,9-10H2,1-4H3/t11-,12?,14+/m0/s1. The Bertz CT molecular complexity index is 452. The summed E-state index contributed by atoms with van der Waals surface area (Å²) in [6, 6.07) is 6.04. The van der Waals surface area contributed by atoms with Gasteiger partial charge in [0, 0.05) is 42.8 Å². The van der Waals surface area contributed by atoms with E-state index in [0.717, 1.165) is 25.1 Å². The molecule has 1 aromatic carbocycles. The Labute approximate surface area is 121 Å². The lowest BCUT2D eigenvalue weighted by Crippen LogP contribution is -2.55. The maximum absolute atomic E-state index is 13.3. The molecular weight excluding hydrogens is 255 g/mol. The van der Waals surface area contributed by atoms with Gasteiger partial charge in [-0.15, -0.1) is 0 Å². The van der Waals surface area contributed by atoms with Gasteiger partial charge >= 0.3 is 0 Å². The number of nitrogens with one attached hydrogen (secondary N) is 1. The number of nitrogens with zero attached hydrogens (tertiary/aromatic N) is 1. The molecule has 2 rings (SSSR count). The minimum atomic E-state index is -0.251. The summed E-state index contributed by atoms with van der Waals surface area (Å²) >= 11 is 0. The minimum absolute atomic E-state index is 0.222. The first kappa shape index (κ1) is 15.3. The maximum atomic E-state index is 13.3. The second-order valence-corrected chi connectivity index (χ2v) is 5.63. The molecule has 4 heteroatoms. The zero-order chi connectivity index (χ0) is 14.7. The van der Waals surface area contributed by atoms with E-state index in [4.69, 9.17) is 4.74 Å². The number of rotatable bonds is 4. The fraction of sp³-hybridized carbons (Fsp3) is 0.625. The van der Waals surface area contributed by atoms with Crippen LogP contribution in [0.15, 0.2) is 18.2 Å². The van der Waals surface area contributed by atoms with E-state index < -0.39 is 0 Å². The van der Waals surface area contributed by atoms with Gasteiger partial charge in [0.15, 0.2) is 0 Å². The Morgan fingerprint density at radius 1 is 1.50 bits per heavy atom. The van der Waals surface area contributed by atoms with Gasteiger partial charge in [0.1, 0.15) is 11.6 Å². The Morgan fingerprint density at radius 2 is 2.25 bits per heavy atom. The number of hydrogen-bond donors (Lipinski definition) is 1. The normalized spacial score (nSPS) is 25.4. The van der Waals surface area contributed by atoms with E-state index in [-0.39, 0.29) is 11.9 Å². The Morgan fingerprint density at radius 3 is 2.90 bits per heavy atom. The van der Waals surface area contributed by atoms with Crippen LogP contribution >= 0.6 is 0 Å². The van der Waals surface area contributed by atoms with Crippen LogP contribution < -0.4 is 10.1 Å². The monoisotopic (exact) mass is 280 g/mol. The van der Waals surface area contributed by atoms with E-state index in [1.54, 1.807) is 7.11 Å². The van der Waals surface area contributed by atoms with Crippen LogP contribution in [0.2, 0.25) is 0 Å². The fourth-order valence-electron chi connectivity index (χ4n) is 3.05. The Hall–Kier alpha value is -1.13. The average molecular weight is 280 g/mol. The van der Waals surface area contributed by atoms with Crippen LogP contribution in [-0.2, 0) is 0 Å². The van der Waals surface area contributed by atoms with Crippen molar-refractivity contribution >= 4 is 0 Å². The minimum Gasteiger partial charge on any atom is -0.496 e. The van der Waals surface area contributed by atoms with Crippen molar-refractivity contribution in [3.63, 3.8) is 0 Å². The van der Waals surface area contributed by atoms with Crippen LogP contribution in [0.25, 0.3) is 0 Å². The smallest absolute Gasteiger partial charge is 0.126 e. The molecular formula is C16H25FN2O. The highest BCUT2D eigenvalue weighted by Gasteiger charge is 2.30. The highest BCUT2D eigenvalue weighted by Crippen LogP contribution is 2.32. The van der Waals surface area contributed by atoms with Crippen LogP contribution in [0, 0.1) is 5.82 Å². The lowest BCUT2D eigenvalue weighted by Gasteiger charge is -2.43. The maximum Gasteiger partial charge on any atom is 0.126 e. The first-order valence-electron chi connectivity index (χ1n) is 7.39. The zero-order valence-corrected chi connectivity index (χ0v) is 12.8. The fourth-order valence-corrected chi connectivity index (χ4v) is 3.05. The van der Waals surface area contributed by atoms with E-state index in [9.17, 15) is 4.39 Å². The molecule has 112 valence electrons. The topological polar surface area (TPSA) is 24.5 Å². The molecule has 1 unspecified atom stereocenters. The second-order valence-electron chi connectivity index (χ2n) is 5.63. The molecule has 0 saturated carbocycles. The molecule has 20 heavy (non-hydrogen) atoms. The van der Waals surface area contributed by atoms with E-state index in [2.05, 4.69) is 31.0 Å². The lowest BCUT2D eigenvalue weighted by atomic mass is 9.99. The summed E-state index contributed by atoms with van der Waals surface area (Å²) in [6.07, 6.45) is 1.10. The van der Waals surface area contributed by atoms with Gasteiger partial charge in [-0.25, -0.2) is 4.39 Å². The second kappa shape index (κ2) is 6.55. The quantitative estimate of drug-likeness (QED) is 0.917. The van der Waals surface area contributed by atoms with Gasteiger partial charge < -0.3 is 10.1 Å². The molecule has 1 aromatic rings. The van der Waals surface area contributed by atoms with Crippen LogP contribution in [0.5, 0.6) is 5.75 Å². The zero-order valence-electron chi connectivity index (χ0n) is 12.8. The van der Waals surface area contributed by atoms with Crippen molar-refractivity contribution in [1.82, 2.24) is 10.2 Å². The summed E-state index contributed by atoms with van der Waals surface area (Å²) in [5, 5.41) is 3.52. The van der Waals surface area contributed by atoms with Crippen LogP contribution in [0.4, 0.5) is 4.39 Å². The number of ether oxygens (including phenoxy) is 1. The molecule has 0 amide bonds. The van der Waals surface area contributed by atoms with Gasteiger partial charge in [-0.1, -0.05) is 13.0 Å². The van der Waals surface area contributed by atoms with Crippen molar-refractivity contribution in [2.24, 2.45) is 0 Å². The molecule has 0 aromatic heterocycles. The van der Waals surface area contributed by atoms with Crippen molar-refractivity contribution < 1.29 is 9.13 Å². The summed E-state index contributed by atoms with van der Waals surface area (Å²) in [4.78, 5) is 2.50. The average Bonchev–Trinajstić information content (AvgIpc) is 2.46. The highest BCUT2D eigenvalue weighted by molar-refractivity contribution is 5.36. The van der Waals surface area contributed by atoms with Crippen molar-refractivity contribution in [1.29, 1.82) is 0 Å². The van der Waals surface area contributed by atoms with Crippen LogP contribution in [-0.4, -0.2) is 37.2 Å². The molecule has 0 spiro atoms. The van der Waals surface area contributed by atoms with E-state index in [1.165, 1.54) is 12.1 Å². The number of benzene rings is 1. The van der Waals surface area contributed by atoms with E-state index in [0.29, 0.717) is 17.8 Å². The van der Waals surface area contributed by atoms with Gasteiger partial charge in [-0.05, 0) is 26.3 Å². The van der Waals surface area contributed by atoms with E-state index in [1.807, 2.05) is 6.07 Å². The Balaban J connectivity index is 2.26. The SMILES string of the molecule is CC[C@@H]1CN[C@@H](C)CN1C(C)c1ccc(F)cc1OC. The summed E-state index contributed by atoms with van der Waals surface area (Å²) in [5.74, 6) is 0.386. The van der Waals surface area contributed by atoms with Crippen LogP contribution in [0.1, 0.15) is 38.8 Å². The van der Waals surface area contributed by atoms with Gasteiger partial charge in [-0.3, -0.25) is 4.90 Å². The summed E-state index contributed by atoms with van der Waals surface area (Å²) in [6.45, 7) is 8.60. The number of methoxy groups -OCH3 is 1. The van der Waals surface area contributed by atoms with Crippen molar-refractivity contribution in [3.05, 3.63) is 29.6 Å². The van der Waals surface area contributed by atoms with Gasteiger partial charge in [0.25, 0.3) is 0 Å². The molecule has 1 saturated heterocycles. The number of halogens is 1. The molecule has 0 bridgehead atoms. The summed E-state index contributed by atoms with van der Waals surface area (Å²) in [5.41, 5.74) is 1.06. The highest BCUT2D eigenvalue weighted by atomic mass is 19.1. The number of hydrogen-bond acceptors (Lipinski definition) is 3. The molecule has 1 fully saturated rings. The molecule has 0 aliphatic carbocycles. The first-order chi connectivity index (χ1) is 9.56.